The number of phenolic OH excluding ortho intramolecular Hbond substituents is 2. The molecule has 0 aliphatic carbocycles. The van der Waals surface area contributed by atoms with Crippen molar-refractivity contribution in [1.82, 2.24) is 0 Å². The van der Waals surface area contributed by atoms with Crippen LogP contribution in [0.15, 0.2) is 24.3 Å². The first-order chi connectivity index (χ1) is 10.1. The minimum atomic E-state index is -1.10. The first-order valence-electron chi connectivity index (χ1n) is 5.39. The molecule has 2 rings (SSSR count). The Labute approximate surface area is 139 Å². The molecule has 0 aliphatic heterocycles. The largest absolute Gasteiger partial charge is 0.503 e. The third-order valence-corrected chi connectivity index (χ3v) is 2.70. The minimum absolute atomic E-state index is 0. The van der Waals surface area contributed by atoms with Crippen LogP contribution < -0.4 is 5.73 Å². The zero-order valence-corrected chi connectivity index (χ0v) is 12.1. The number of hydrogen-bond acceptors (Lipinski definition) is 5. The van der Waals surface area contributed by atoms with Crippen LogP contribution in [0.5, 0.6) is 11.5 Å². The number of rotatable bonds is 1. The zero-order valence-electron chi connectivity index (χ0n) is 10.6. The van der Waals surface area contributed by atoms with Crippen LogP contribution in [0.2, 0.25) is 10.0 Å². The molecule has 0 aliphatic rings. The van der Waals surface area contributed by atoms with Gasteiger partial charge in [-0.2, -0.15) is 0 Å². The van der Waals surface area contributed by atoms with Crippen LogP contribution in [-0.2, 0) is 0 Å². The average Bonchev–Trinajstić information content (AvgIpc) is 2.40. The number of benzene rings is 2. The molecular weight excluding hydrogens is 357 g/mol. The van der Waals surface area contributed by atoms with Crippen LogP contribution in [0.25, 0.3) is 0 Å². The van der Waals surface area contributed by atoms with E-state index in [9.17, 15) is 18.9 Å². The van der Waals surface area contributed by atoms with Crippen LogP contribution in [-0.4, -0.2) is 15.1 Å². The lowest BCUT2D eigenvalue weighted by atomic mass is 10.3. The number of nitrogen functional groups attached to an aromatic ring is 1. The van der Waals surface area contributed by atoms with Gasteiger partial charge in [0.25, 0.3) is 0 Å². The van der Waals surface area contributed by atoms with Crippen molar-refractivity contribution < 1.29 is 23.9 Å². The van der Waals surface area contributed by atoms with Crippen LogP contribution in [0.4, 0.5) is 20.2 Å². The second-order valence-electron chi connectivity index (χ2n) is 3.84. The lowest BCUT2D eigenvalue weighted by Gasteiger charge is -1.98. The lowest BCUT2D eigenvalue weighted by Crippen LogP contribution is -1.90. The van der Waals surface area contributed by atoms with E-state index in [0.717, 1.165) is 18.2 Å². The monoisotopic (exact) mass is 368 g/mol. The number of nitro benzene ring substituents is 1. The SMILES string of the molecule is C.Nc1cc(Cl)cc(F)c1O.O=[N+]([O-])c1cc(Cl)cc(F)c1O. The molecule has 4 N–H and O–H groups in total. The minimum Gasteiger partial charge on any atom is -0.503 e. The molecule has 0 saturated carbocycles. The number of hydrogen-bond donors (Lipinski definition) is 3. The van der Waals surface area contributed by atoms with Gasteiger partial charge in [-0.1, -0.05) is 30.6 Å². The Bertz CT molecular complexity index is 706. The van der Waals surface area contributed by atoms with Gasteiger partial charge in [-0.3, -0.25) is 10.1 Å². The van der Waals surface area contributed by atoms with Crippen molar-refractivity contribution >= 4 is 34.6 Å². The van der Waals surface area contributed by atoms with Gasteiger partial charge in [0.05, 0.1) is 15.6 Å². The summed E-state index contributed by atoms with van der Waals surface area (Å²) in [7, 11) is 0. The van der Waals surface area contributed by atoms with Gasteiger partial charge in [0.15, 0.2) is 17.4 Å². The Morgan fingerprint density at radius 3 is 1.87 bits per heavy atom. The Morgan fingerprint density at radius 1 is 1.00 bits per heavy atom. The summed E-state index contributed by atoms with van der Waals surface area (Å²) in [6.45, 7) is 0. The highest BCUT2D eigenvalue weighted by Gasteiger charge is 2.18. The van der Waals surface area contributed by atoms with Gasteiger partial charge in [-0.05, 0) is 18.2 Å². The molecule has 2 aromatic rings. The molecule has 126 valence electrons. The van der Waals surface area contributed by atoms with Gasteiger partial charge in [-0.15, -0.1) is 0 Å². The predicted octanol–water partition coefficient (Wildman–Crippen LogP) is 4.50. The molecule has 0 atom stereocenters. The van der Waals surface area contributed by atoms with E-state index in [1.54, 1.807) is 0 Å². The Balaban J connectivity index is 0.000000409. The van der Waals surface area contributed by atoms with Gasteiger partial charge < -0.3 is 15.9 Å². The molecule has 0 radical (unpaired) electrons. The van der Waals surface area contributed by atoms with Gasteiger partial charge in [0.2, 0.25) is 5.75 Å². The fourth-order valence-corrected chi connectivity index (χ4v) is 1.69. The van der Waals surface area contributed by atoms with Crippen LogP contribution in [0.3, 0.4) is 0 Å². The summed E-state index contributed by atoms with van der Waals surface area (Å²) in [5, 5.41) is 27.8. The first kappa shape index (κ1) is 20.7. The maximum absolute atomic E-state index is 12.6. The summed E-state index contributed by atoms with van der Waals surface area (Å²) < 4.78 is 25.0. The van der Waals surface area contributed by atoms with E-state index < -0.39 is 33.7 Å². The van der Waals surface area contributed by atoms with E-state index in [1.807, 2.05) is 0 Å². The van der Waals surface area contributed by atoms with E-state index in [-0.39, 0.29) is 23.2 Å². The van der Waals surface area contributed by atoms with Crippen molar-refractivity contribution in [3.05, 3.63) is 56.1 Å². The average molecular weight is 369 g/mol. The molecule has 6 nitrogen and oxygen atoms in total. The number of nitrogens with zero attached hydrogens (tertiary/aromatic N) is 1. The number of nitro groups is 1. The Kier molecular flexibility index (Phi) is 7.51. The quantitative estimate of drug-likeness (QED) is 0.297. The number of anilines is 1. The van der Waals surface area contributed by atoms with Crippen molar-refractivity contribution in [1.29, 1.82) is 0 Å². The first-order valence-corrected chi connectivity index (χ1v) is 6.15. The Hall–Kier alpha value is -2.32. The molecule has 10 heteroatoms. The topological polar surface area (TPSA) is 110 Å². The molecule has 0 spiro atoms. The summed E-state index contributed by atoms with van der Waals surface area (Å²) >= 11 is 10.7. The summed E-state index contributed by atoms with van der Waals surface area (Å²) in [4.78, 5) is 9.23. The third kappa shape index (κ3) is 5.42. The van der Waals surface area contributed by atoms with E-state index in [1.165, 1.54) is 6.07 Å². The molecule has 2 aromatic carbocycles. The third-order valence-electron chi connectivity index (χ3n) is 2.26. The van der Waals surface area contributed by atoms with Gasteiger partial charge >= 0.3 is 5.69 Å². The highest BCUT2D eigenvalue weighted by atomic mass is 35.5. The molecule has 23 heavy (non-hydrogen) atoms. The molecule has 0 fully saturated rings. The van der Waals surface area contributed by atoms with Crippen molar-refractivity contribution in [2.24, 2.45) is 0 Å². The summed E-state index contributed by atoms with van der Waals surface area (Å²) in [6.07, 6.45) is 0. The highest BCUT2D eigenvalue weighted by molar-refractivity contribution is 6.31. The number of halogens is 4. The Morgan fingerprint density at radius 2 is 1.43 bits per heavy atom. The fourth-order valence-electron chi connectivity index (χ4n) is 1.28. The van der Waals surface area contributed by atoms with Crippen molar-refractivity contribution in [2.75, 3.05) is 5.73 Å². The van der Waals surface area contributed by atoms with Crippen LogP contribution in [0, 0.1) is 21.7 Å². The standard InChI is InChI=1S/C6H3ClFNO3.C6H5ClFNO.CH4/c7-3-1-4(8)6(10)5(2-3)9(11)12;7-3-1-4(8)6(10)5(9)2-3;/h1-2,10H;1-2,10H,9H2;1H4. The number of aromatic hydroxyl groups is 2. The van der Waals surface area contributed by atoms with E-state index >= 15 is 0 Å². The van der Waals surface area contributed by atoms with E-state index in [0.29, 0.717) is 0 Å². The predicted molar refractivity (Wildman–Crippen MR) is 83.9 cm³/mol. The van der Waals surface area contributed by atoms with E-state index in [4.69, 9.17) is 39.1 Å². The molecule has 0 heterocycles. The second kappa shape index (κ2) is 8.35. The normalized spacial score (nSPS) is 9.39. The second-order valence-corrected chi connectivity index (χ2v) is 4.71. The fraction of sp³-hybridized carbons (Fsp3) is 0.0769. The summed E-state index contributed by atoms with van der Waals surface area (Å²) in [5.41, 5.74) is 4.36. The smallest absolute Gasteiger partial charge is 0.315 e. The molecule has 0 saturated heterocycles. The molecule has 0 aromatic heterocycles. The lowest BCUT2D eigenvalue weighted by molar-refractivity contribution is -0.386. The molecule has 0 unspecified atom stereocenters. The van der Waals surface area contributed by atoms with Crippen LogP contribution in [0.1, 0.15) is 7.43 Å². The maximum atomic E-state index is 12.6. The van der Waals surface area contributed by atoms with Crippen molar-refractivity contribution in [2.45, 2.75) is 7.43 Å². The van der Waals surface area contributed by atoms with Gasteiger partial charge in [-0.25, -0.2) is 8.78 Å². The molecule has 0 amide bonds. The van der Waals surface area contributed by atoms with Crippen molar-refractivity contribution in [3.8, 4) is 11.5 Å². The zero-order chi connectivity index (χ0) is 17.0. The molecular formula is C13H12Cl2F2N2O4. The maximum Gasteiger partial charge on any atom is 0.315 e. The van der Waals surface area contributed by atoms with Gasteiger partial charge in [0, 0.05) is 11.1 Å². The van der Waals surface area contributed by atoms with Crippen molar-refractivity contribution in [3.63, 3.8) is 0 Å². The summed E-state index contributed by atoms with van der Waals surface area (Å²) in [5.74, 6) is -3.45. The number of phenols is 2. The highest BCUT2D eigenvalue weighted by Crippen LogP contribution is 2.31. The van der Waals surface area contributed by atoms with Crippen LogP contribution >= 0.6 is 23.2 Å². The summed E-state index contributed by atoms with van der Waals surface area (Å²) in [6, 6.07) is 3.94. The number of nitrogens with two attached hydrogens (primary N) is 1. The van der Waals surface area contributed by atoms with E-state index in [2.05, 4.69) is 0 Å². The molecule has 0 bridgehead atoms. The van der Waals surface area contributed by atoms with Gasteiger partial charge in [0.1, 0.15) is 0 Å².